The van der Waals surface area contributed by atoms with Crippen molar-refractivity contribution in [3.05, 3.63) is 39.9 Å². The zero-order valence-electron chi connectivity index (χ0n) is 12.7. The third-order valence-corrected chi connectivity index (χ3v) is 4.17. The maximum atomic E-state index is 12.0. The van der Waals surface area contributed by atoms with Gasteiger partial charge in [0.15, 0.2) is 0 Å². The maximum Gasteiger partial charge on any atom is 0.326 e. The van der Waals surface area contributed by atoms with Crippen molar-refractivity contribution in [3.63, 3.8) is 0 Å². The van der Waals surface area contributed by atoms with E-state index in [0.717, 1.165) is 25.7 Å². The zero-order chi connectivity index (χ0) is 16.8. The van der Waals surface area contributed by atoms with Gasteiger partial charge in [-0.05, 0) is 24.3 Å². The van der Waals surface area contributed by atoms with Crippen LogP contribution in [0.3, 0.4) is 0 Å². The van der Waals surface area contributed by atoms with E-state index in [1.807, 2.05) is 0 Å². The van der Waals surface area contributed by atoms with E-state index in [9.17, 15) is 24.8 Å². The van der Waals surface area contributed by atoms with E-state index in [2.05, 4.69) is 5.32 Å². The van der Waals surface area contributed by atoms with E-state index in [1.54, 1.807) is 0 Å². The van der Waals surface area contributed by atoms with Crippen molar-refractivity contribution < 1.29 is 19.6 Å². The molecule has 23 heavy (non-hydrogen) atoms. The van der Waals surface area contributed by atoms with Crippen molar-refractivity contribution in [3.8, 4) is 0 Å². The second kappa shape index (κ2) is 7.71. The number of non-ortho nitro benzene ring substituents is 1. The third-order valence-electron chi connectivity index (χ3n) is 4.17. The van der Waals surface area contributed by atoms with E-state index in [0.29, 0.717) is 17.9 Å². The quantitative estimate of drug-likeness (QED) is 0.591. The number of nitrogens with zero attached hydrogens (tertiary/aromatic N) is 1. The molecule has 0 saturated heterocycles. The highest BCUT2D eigenvalue weighted by Crippen LogP contribution is 2.27. The Morgan fingerprint density at radius 1 is 1.26 bits per heavy atom. The molecule has 0 aliphatic heterocycles. The average molecular weight is 320 g/mol. The van der Waals surface area contributed by atoms with Gasteiger partial charge in [-0.25, -0.2) is 4.79 Å². The molecule has 1 amide bonds. The third kappa shape index (κ3) is 5.05. The lowest BCUT2D eigenvalue weighted by atomic mass is 10.0. The number of nitro groups is 1. The summed E-state index contributed by atoms with van der Waals surface area (Å²) in [4.78, 5) is 33.4. The topological polar surface area (TPSA) is 110 Å². The van der Waals surface area contributed by atoms with Crippen molar-refractivity contribution >= 4 is 17.6 Å². The van der Waals surface area contributed by atoms with Gasteiger partial charge in [-0.3, -0.25) is 14.9 Å². The standard InChI is InChI=1S/C16H20N2O5/c19-15(10-11-3-1-2-4-11)17-14(16(20)21)9-12-5-7-13(8-6-12)18(22)23/h5-8,11,14H,1-4,9-10H2,(H,17,19)(H,20,21)/t14-/m1/s1. The Morgan fingerprint density at radius 2 is 1.87 bits per heavy atom. The molecule has 0 aromatic heterocycles. The highest BCUT2D eigenvalue weighted by Gasteiger charge is 2.24. The van der Waals surface area contributed by atoms with Crippen LogP contribution in [0, 0.1) is 16.0 Å². The van der Waals surface area contributed by atoms with Crippen molar-refractivity contribution in [1.29, 1.82) is 0 Å². The lowest BCUT2D eigenvalue weighted by Gasteiger charge is -2.16. The summed E-state index contributed by atoms with van der Waals surface area (Å²) in [6, 6.07) is 4.66. The van der Waals surface area contributed by atoms with E-state index in [1.165, 1.54) is 24.3 Å². The predicted octanol–water partition coefficient (Wildman–Crippen LogP) is 2.29. The Hall–Kier alpha value is -2.44. The monoisotopic (exact) mass is 320 g/mol. The molecule has 0 spiro atoms. The minimum Gasteiger partial charge on any atom is -0.480 e. The molecule has 1 aromatic carbocycles. The molecule has 1 atom stereocenters. The predicted molar refractivity (Wildman–Crippen MR) is 82.9 cm³/mol. The summed E-state index contributed by atoms with van der Waals surface area (Å²) in [5.41, 5.74) is 0.579. The minimum absolute atomic E-state index is 0.0501. The van der Waals surface area contributed by atoms with Crippen LogP contribution in [0.4, 0.5) is 5.69 Å². The summed E-state index contributed by atoms with van der Waals surface area (Å²) in [7, 11) is 0. The van der Waals surface area contributed by atoms with E-state index in [4.69, 9.17) is 0 Å². The SMILES string of the molecule is O=C(CC1CCCC1)N[C@H](Cc1ccc([N+](=O)[O-])cc1)C(=O)O. The molecule has 124 valence electrons. The van der Waals surface area contributed by atoms with E-state index < -0.39 is 16.9 Å². The van der Waals surface area contributed by atoms with Crippen molar-refractivity contribution in [2.75, 3.05) is 0 Å². The van der Waals surface area contributed by atoms with Gasteiger partial charge >= 0.3 is 5.97 Å². The number of amides is 1. The second-order valence-corrected chi connectivity index (χ2v) is 5.94. The first-order valence-corrected chi connectivity index (χ1v) is 7.71. The van der Waals surface area contributed by atoms with E-state index >= 15 is 0 Å². The molecule has 1 aromatic rings. The number of benzene rings is 1. The molecule has 0 radical (unpaired) electrons. The molecule has 7 heteroatoms. The number of hydrogen-bond donors (Lipinski definition) is 2. The van der Waals surface area contributed by atoms with Gasteiger partial charge < -0.3 is 10.4 Å². The van der Waals surface area contributed by atoms with Crippen LogP contribution >= 0.6 is 0 Å². The normalized spacial score (nSPS) is 16.0. The van der Waals surface area contributed by atoms with Gasteiger partial charge in [-0.2, -0.15) is 0 Å². The number of nitrogens with one attached hydrogen (secondary N) is 1. The molecule has 0 bridgehead atoms. The number of carbonyl (C=O) groups is 2. The van der Waals surface area contributed by atoms with Gasteiger partial charge in [0.2, 0.25) is 5.91 Å². The number of rotatable bonds is 7. The summed E-state index contributed by atoms with van der Waals surface area (Å²) in [6.45, 7) is 0. The molecule has 2 rings (SSSR count). The molecule has 0 heterocycles. The smallest absolute Gasteiger partial charge is 0.326 e. The molecular formula is C16H20N2O5. The lowest BCUT2D eigenvalue weighted by Crippen LogP contribution is -2.42. The summed E-state index contributed by atoms with van der Waals surface area (Å²) >= 11 is 0. The molecule has 7 nitrogen and oxygen atoms in total. The Bertz CT molecular complexity index is 579. The van der Waals surface area contributed by atoms with Crippen LogP contribution in [-0.2, 0) is 16.0 Å². The molecule has 1 saturated carbocycles. The fraction of sp³-hybridized carbons (Fsp3) is 0.500. The Labute approximate surface area is 133 Å². The number of nitro benzene ring substituents is 1. The van der Waals surface area contributed by atoms with Crippen LogP contribution in [0.5, 0.6) is 0 Å². The van der Waals surface area contributed by atoms with Gasteiger partial charge in [0.25, 0.3) is 5.69 Å². The van der Waals surface area contributed by atoms with Crippen LogP contribution in [0.25, 0.3) is 0 Å². The first-order chi connectivity index (χ1) is 11.0. The zero-order valence-corrected chi connectivity index (χ0v) is 12.7. The average Bonchev–Trinajstić information content (AvgIpc) is 2.99. The highest BCUT2D eigenvalue weighted by molar-refractivity contribution is 5.83. The second-order valence-electron chi connectivity index (χ2n) is 5.94. The van der Waals surface area contributed by atoms with E-state index in [-0.39, 0.29) is 18.0 Å². The van der Waals surface area contributed by atoms with Gasteiger partial charge in [-0.1, -0.05) is 25.0 Å². The summed E-state index contributed by atoms with van der Waals surface area (Å²) in [5, 5.41) is 22.4. The number of carboxylic acids is 1. The minimum atomic E-state index is -1.11. The maximum absolute atomic E-state index is 12.0. The van der Waals surface area contributed by atoms with Crippen LogP contribution < -0.4 is 5.32 Å². The summed E-state index contributed by atoms with van der Waals surface area (Å²) in [6.07, 6.45) is 4.76. The van der Waals surface area contributed by atoms with Crippen molar-refractivity contribution in [1.82, 2.24) is 5.32 Å². The van der Waals surface area contributed by atoms with Gasteiger partial charge in [0, 0.05) is 25.0 Å². The molecular weight excluding hydrogens is 300 g/mol. The van der Waals surface area contributed by atoms with Crippen LogP contribution in [0.1, 0.15) is 37.7 Å². The molecule has 1 aliphatic carbocycles. The highest BCUT2D eigenvalue weighted by atomic mass is 16.6. The largest absolute Gasteiger partial charge is 0.480 e. The van der Waals surface area contributed by atoms with Crippen LogP contribution in [0.15, 0.2) is 24.3 Å². The number of hydrogen-bond acceptors (Lipinski definition) is 4. The first-order valence-electron chi connectivity index (χ1n) is 7.71. The molecule has 1 aliphatic rings. The van der Waals surface area contributed by atoms with Crippen LogP contribution in [-0.4, -0.2) is 27.9 Å². The van der Waals surface area contributed by atoms with Gasteiger partial charge in [0.1, 0.15) is 6.04 Å². The molecule has 0 unspecified atom stereocenters. The first kappa shape index (κ1) is 16.9. The summed E-state index contributed by atoms with van der Waals surface area (Å²) < 4.78 is 0. The van der Waals surface area contributed by atoms with Crippen molar-refractivity contribution in [2.24, 2.45) is 5.92 Å². The Morgan fingerprint density at radius 3 is 2.39 bits per heavy atom. The number of carboxylic acid groups (broad SMARTS) is 1. The Balaban J connectivity index is 1.93. The number of carbonyl (C=O) groups excluding carboxylic acids is 1. The number of aliphatic carboxylic acids is 1. The lowest BCUT2D eigenvalue weighted by molar-refractivity contribution is -0.384. The fourth-order valence-electron chi connectivity index (χ4n) is 2.92. The van der Waals surface area contributed by atoms with Gasteiger partial charge in [-0.15, -0.1) is 0 Å². The fourth-order valence-corrected chi connectivity index (χ4v) is 2.92. The van der Waals surface area contributed by atoms with Crippen molar-refractivity contribution in [2.45, 2.75) is 44.6 Å². The van der Waals surface area contributed by atoms with Crippen LogP contribution in [0.2, 0.25) is 0 Å². The molecule has 1 fully saturated rings. The van der Waals surface area contributed by atoms with Gasteiger partial charge in [0.05, 0.1) is 4.92 Å². The Kier molecular flexibility index (Phi) is 5.67. The summed E-state index contributed by atoms with van der Waals surface area (Å²) in [5.74, 6) is -1.00. The molecule has 2 N–H and O–H groups in total.